The van der Waals surface area contributed by atoms with Crippen LogP contribution in [0, 0.1) is 0 Å². The number of aliphatic hydroxyl groups excluding tert-OH is 1. The Labute approximate surface area is 154 Å². The maximum absolute atomic E-state index is 10.1. The van der Waals surface area contributed by atoms with Crippen LogP contribution in [0.5, 0.6) is 0 Å². The Morgan fingerprint density at radius 1 is 1.17 bits per heavy atom. The zero-order valence-corrected chi connectivity index (χ0v) is 15.6. The molecule has 5 nitrogen and oxygen atoms in total. The molecule has 6 heteroatoms. The predicted octanol–water partition coefficient (Wildman–Crippen LogP) is 3.08. The average Bonchev–Trinajstić information content (AvgIpc) is 3.06. The predicted molar refractivity (Wildman–Crippen MR) is 103 cm³/mol. The van der Waals surface area contributed by atoms with Gasteiger partial charge in [-0.1, -0.05) is 30.3 Å². The van der Waals surface area contributed by atoms with Crippen LogP contribution in [0.4, 0.5) is 0 Å². The molecule has 0 bridgehead atoms. The highest BCUT2D eigenvalue weighted by Crippen LogP contribution is 2.14. The van der Waals surface area contributed by atoms with Crippen molar-refractivity contribution in [3.8, 4) is 0 Å². The van der Waals surface area contributed by atoms with Gasteiger partial charge in [-0.3, -0.25) is 0 Å². The van der Waals surface area contributed by atoms with Crippen LogP contribution in [0.3, 0.4) is 0 Å². The summed E-state index contributed by atoms with van der Waals surface area (Å²) in [7, 11) is 0. The molecule has 1 unspecified atom stereocenters. The normalized spacial score (nSPS) is 12.3. The Bertz CT molecular complexity index is 558. The van der Waals surface area contributed by atoms with E-state index in [4.69, 9.17) is 4.42 Å². The summed E-state index contributed by atoms with van der Waals surface area (Å²) in [5.41, 5.74) is 0.932. The van der Waals surface area contributed by atoms with Crippen molar-refractivity contribution in [3.63, 3.8) is 0 Å². The van der Waals surface area contributed by atoms with Gasteiger partial charge in [0.25, 0.3) is 0 Å². The van der Waals surface area contributed by atoms with E-state index in [1.807, 2.05) is 49.4 Å². The van der Waals surface area contributed by atoms with Crippen LogP contribution < -0.4 is 10.6 Å². The molecular formula is C17H24IN3O2. The molecule has 3 N–H and O–H groups in total. The van der Waals surface area contributed by atoms with E-state index in [0.717, 1.165) is 23.8 Å². The Morgan fingerprint density at radius 3 is 2.61 bits per heavy atom. The fourth-order valence-corrected chi connectivity index (χ4v) is 2.07. The van der Waals surface area contributed by atoms with Crippen molar-refractivity contribution in [2.45, 2.75) is 26.0 Å². The van der Waals surface area contributed by atoms with E-state index in [2.05, 4.69) is 15.6 Å². The Hall–Kier alpha value is -1.54. The minimum absolute atomic E-state index is 0. The summed E-state index contributed by atoms with van der Waals surface area (Å²) in [6.07, 6.45) is 1.79. The van der Waals surface area contributed by atoms with Crippen molar-refractivity contribution < 1.29 is 9.52 Å². The summed E-state index contributed by atoms with van der Waals surface area (Å²) in [5.74, 6) is 1.54. The monoisotopic (exact) mass is 429 g/mol. The summed E-state index contributed by atoms with van der Waals surface area (Å²) in [6.45, 7) is 3.93. The molecule has 0 amide bonds. The number of rotatable bonds is 7. The third-order valence-corrected chi connectivity index (χ3v) is 3.21. The molecule has 2 rings (SSSR count). The van der Waals surface area contributed by atoms with Crippen LogP contribution in [0.25, 0.3) is 0 Å². The second-order valence-electron chi connectivity index (χ2n) is 4.92. The van der Waals surface area contributed by atoms with Gasteiger partial charge >= 0.3 is 0 Å². The van der Waals surface area contributed by atoms with Gasteiger partial charge in [0.1, 0.15) is 12.3 Å². The first-order chi connectivity index (χ1) is 10.8. The minimum Gasteiger partial charge on any atom is -0.467 e. The maximum atomic E-state index is 10.1. The molecule has 0 aliphatic rings. The summed E-state index contributed by atoms with van der Waals surface area (Å²) in [5, 5.41) is 16.5. The Kier molecular flexibility index (Phi) is 9.39. The first-order valence-electron chi connectivity index (χ1n) is 7.57. The summed E-state index contributed by atoms with van der Waals surface area (Å²) in [4.78, 5) is 4.44. The van der Waals surface area contributed by atoms with Gasteiger partial charge in [0.15, 0.2) is 5.96 Å². The molecule has 1 atom stereocenters. The van der Waals surface area contributed by atoms with E-state index < -0.39 is 6.10 Å². The van der Waals surface area contributed by atoms with Gasteiger partial charge in [-0.15, -0.1) is 24.0 Å². The van der Waals surface area contributed by atoms with Crippen molar-refractivity contribution in [1.82, 2.24) is 10.6 Å². The van der Waals surface area contributed by atoms with Gasteiger partial charge in [-0.2, -0.15) is 0 Å². The molecule has 1 aromatic carbocycles. The highest BCUT2D eigenvalue weighted by Gasteiger charge is 2.07. The van der Waals surface area contributed by atoms with E-state index in [9.17, 15) is 5.11 Å². The van der Waals surface area contributed by atoms with Crippen molar-refractivity contribution in [1.29, 1.82) is 0 Å². The molecule has 0 aliphatic heterocycles. The first-order valence-corrected chi connectivity index (χ1v) is 7.57. The number of nitrogens with one attached hydrogen (secondary N) is 2. The molecule has 0 aliphatic carbocycles. The topological polar surface area (TPSA) is 69.8 Å². The van der Waals surface area contributed by atoms with Gasteiger partial charge in [-0.25, -0.2) is 4.99 Å². The fourth-order valence-electron chi connectivity index (χ4n) is 2.07. The molecule has 0 saturated carbocycles. The molecule has 0 spiro atoms. The van der Waals surface area contributed by atoms with Gasteiger partial charge in [-0.05, 0) is 31.0 Å². The summed E-state index contributed by atoms with van der Waals surface area (Å²) in [6, 6.07) is 13.4. The fraction of sp³-hybridized carbons (Fsp3) is 0.353. The van der Waals surface area contributed by atoms with Crippen molar-refractivity contribution in [3.05, 3.63) is 60.1 Å². The number of aliphatic hydroxyl groups is 1. The number of guanidine groups is 1. The van der Waals surface area contributed by atoms with Crippen LogP contribution in [0.2, 0.25) is 0 Å². The molecule has 0 radical (unpaired) electrons. The zero-order chi connectivity index (χ0) is 15.6. The number of furan rings is 1. The Morgan fingerprint density at radius 2 is 1.96 bits per heavy atom. The molecule has 0 saturated heterocycles. The number of hydrogen-bond donors (Lipinski definition) is 3. The van der Waals surface area contributed by atoms with E-state index in [1.54, 1.807) is 6.26 Å². The van der Waals surface area contributed by atoms with Gasteiger partial charge in [0, 0.05) is 13.1 Å². The maximum Gasteiger partial charge on any atom is 0.191 e. The highest BCUT2D eigenvalue weighted by atomic mass is 127. The Balaban J connectivity index is 0.00000264. The lowest BCUT2D eigenvalue weighted by Crippen LogP contribution is -2.38. The van der Waals surface area contributed by atoms with Crippen molar-refractivity contribution in [2.75, 3.05) is 13.1 Å². The van der Waals surface area contributed by atoms with Crippen LogP contribution in [-0.4, -0.2) is 24.2 Å². The second-order valence-corrected chi connectivity index (χ2v) is 4.92. The standard InChI is InChI=1S/C17H23N3O2.HI/c1-2-18-17(20-13-15-9-6-12-22-15)19-11-10-16(21)14-7-4-3-5-8-14;/h3-9,12,16,21H,2,10-11,13H2,1H3,(H2,18,19,20);1H. The van der Waals surface area contributed by atoms with Gasteiger partial charge in [0.05, 0.1) is 12.4 Å². The summed E-state index contributed by atoms with van der Waals surface area (Å²) >= 11 is 0. The number of halogens is 1. The number of nitrogens with zero attached hydrogens (tertiary/aromatic N) is 1. The van der Waals surface area contributed by atoms with Crippen molar-refractivity contribution >= 4 is 29.9 Å². The SMILES string of the molecule is CCNC(=NCc1ccco1)NCCC(O)c1ccccc1.I. The third-order valence-electron chi connectivity index (χ3n) is 3.21. The van der Waals surface area contributed by atoms with E-state index in [1.165, 1.54) is 0 Å². The van der Waals surface area contributed by atoms with Crippen LogP contribution >= 0.6 is 24.0 Å². The van der Waals surface area contributed by atoms with E-state index in [-0.39, 0.29) is 24.0 Å². The quantitative estimate of drug-likeness (QED) is 0.360. The first kappa shape index (κ1) is 19.5. The van der Waals surface area contributed by atoms with Gasteiger partial charge in [0.2, 0.25) is 0 Å². The zero-order valence-electron chi connectivity index (χ0n) is 13.2. The number of benzene rings is 1. The second kappa shape index (κ2) is 11.1. The molecule has 1 heterocycles. The van der Waals surface area contributed by atoms with Crippen LogP contribution in [0.15, 0.2) is 58.1 Å². The van der Waals surface area contributed by atoms with Crippen molar-refractivity contribution in [2.24, 2.45) is 4.99 Å². The average molecular weight is 429 g/mol. The summed E-state index contributed by atoms with van der Waals surface area (Å²) < 4.78 is 5.26. The molecule has 1 aromatic heterocycles. The minimum atomic E-state index is -0.471. The largest absolute Gasteiger partial charge is 0.467 e. The number of aliphatic imine (C=N–C) groups is 1. The van der Waals surface area contributed by atoms with E-state index in [0.29, 0.717) is 19.5 Å². The smallest absolute Gasteiger partial charge is 0.191 e. The highest BCUT2D eigenvalue weighted by molar-refractivity contribution is 14.0. The van der Waals surface area contributed by atoms with Gasteiger partial charge < -0.3 is 20.2 Å². The lowest BCUT2D eigenvalue weighted by atomic mass is 10.1. The molecule has 2 aromatic rings. The molecule has 0 fully saturated rings. The van der Waals surface area contributed by atoms with E-state index >= 15 is 0 Å². The molecule has 126 valence electrons. The lowest BCUT2D eigenvalue weighted by molar-refractivity contribution is 0.168. The number of hydrogen-bond acceptors (Lipinski definition) is 3. The third kappa shape index (κ3) is 7.04. The lowest BCUT2D eigenvalue weighted by Gasteiger charge is -2.14. The molecule has 23 heavy (non-hydrogen) atoms. The van der Waals surface area contributed by atoms with Crippen LogP contribution in [0.1, 0.15) is 30.8 Å². The molecular weight excluding hydrogens is 405 g/mol. The van der Waals surface area contributed by atoms with Crippen LogP contribution in [-0.2, 0) is 6.54 Å².